The second kappa shape index (κ2) is 5.39. The van der Waals surface area contributed by atoms with Gasteiger partial charge in [0.25, 0.3) is 0 Å². The van der Waals surface area contributed by atoms with Gasteiger partial charge < -0.3 is 11.1 Å². The Morgan fingerprint density at radius 1 is 1.35 bits per heavy atom. The summed E-state index contributed by atoms with van der Waals surface area (Å²) in [6.45, 7) is 3.24. The Hall–Kier alpha value is -1.25. The fraction of sp³-hybridized carbons (Fsp3) is 0.571. The molecule has 1 aromatic rings. The zero-order valence-corrected chi connectivity index (χ0v) is 10.4. The van der Waals surface area contributed by atoms with Gasteiger partial charge in [-0.3, -0.25) is 0 Å². The quantitative estimate of drug-likeness (QED) is 0.786. The lowest BCUT2D eigenvalue weighted by Crippen LogP contribution is -2.21. The average Bonchev–Trinajstić information content (AvgIpc) is 2.25. The number of hydrogen-bond acceptors (Lipinski definition) is 2. The molecule has 0 saturated heterocycles. The molecule has 1 aliphatic rings. The molecule has 0 bridgehead atoms. The first-order valence-electron chi connectivity index (χ1n) is 6.43. The van der Waals surface area contributed by atoms with E-state index >= 15 is 0 Å². The topological polar surface area (TPSA) is 38.0 Å². The molecule has 1 fully saturated rings. The third kappa shape index (κ3) is 3.62. The van der Waals surface area contributed by atoms with Crippen LogP contribution in [0.2, 0.25) is 0 Å². The van der Waals surface area contributed by atoms with E-state index in [2.05, 4.69) is 12.2 Å². The van der Waals surface area contributed by atoms with Crippen molar-refractivity contribution in [3.63, 3.8) is 0 Å². The molecule has 2 nitrogen and oxygen atoms in total. The second-order valence-electron chi connectivity index (χ2n) is 5.29. The fourth-order valence-corrected chi connectivity index (χ4v) is 2.72. The van der Waals surface area contributed by atoms with Gasteiger partial charge >= 0.3 is 0 Å². The molecule has 0 radical (unpaired) electrons. The van der Waals surface area contributed by atoms with Crippen molar-refractivity contribution in [3.05, 3.63) is 24.0 Å². The number of benzene rings is 1. The van der Waals surface area contributed by atoms with E-state index in [4.69, 9.17) is 5.73 Å². The van der Waals surface area contributed by atoms with Crippen molar-refractivity contribution >= 4 is 11.4 Å². The zero-order chi connectivity index (χ0) is 12.3. The van der Waals surface area contributed by atoms with Crippen LogP contribution in [0.5, 0.6) is 0 Å². The van der Waals surface area contributed by atoms with Crippen LogP contribution in [0.15, 0.2) is 18.2 Å². The van der Waals surface area contributed by atoms with Crippen LogP contribution in [0, 0.1) is 17.7 Å². The molecule has 2 atom stereocenters. The molecule has 94 valence electrons. The van der Waals surface area contributed by atoms with Gasteiger partial charge in [-0.05, 0) is 42.9 Å². The molecule has 3 heteroatoms. The summed E-state index contributed by atoms with van der Waals surface area (Å²) >= 11 is 0. The van der Waals surface area contributed by atoms with Gasteiger partial charge in [-0.25, -0.2) is 4.39 Å². The summed E-state index contributed by atoms with van der Waals surface area (Å²) in [5.74, 6) is 1.26. The lowest BCUT2D eigenvalue weighted by Gasteiger charge is -2.27. The van der Waals surface area contributed by atoms with E-state index in [9.17, 15) is 4.39 Å². The van der Waals surface area contributed by atoms with Gasteiger partial charge in [0.1, 0.15) is 5.82 Å². The monoisotopic (exact) mass is 236 g/mol. The number of halogens is 1. The minimum absolute atomic E-state index is 0.274. The normalized spacial score (nSPS) is 24.6. The lowest BCUT2D eigenvalue weighted by molar-refractivity contribution is 0.293. The second-order valence-corrected chi connectivity index (χ2v) is 5.29. The van der Waals surface area contributed by atoms with E-state index in [0.717, 1.165) is 18.2 Å². The molecule has 1 saturated carbocycles. The molecule has 2 rings (SSSR count). The smallest absolute Gasteiger partial charge is 0.127 e. The van der Waals surface area contributed by atoms with Crippen LogP contribution in [0.3, 0.4) is 0 Å². The van der Waals surface area contributed by atoms with Gasteiger partial charge in [0.2, 0.25) is 0 Å². The summed E-state index contributed by atoms with van der Waals surface area (Å²) in [6.07, 6.45) is 5.22. The highest BCUT2D eigenvalue weighted by Gasteiger charge is 2.18. The van der Waals surface area contributed by atoms with Crippen molar-refractivity contribution in [3.8, 4) is 0 Å². The molecule has 0 spiro atoms. The standard InChI is InChI=1S/C14H21FN2/c1-10-3-2-4-11(5-10)9-17-14-7-12(15)6-13(16)8-14/h6-8,10-11,17H,2-5,9,16H2,1H3. The average molecular weight is 236 g/mol. The molecule has 2 unspecified atom stereocenters. The van der Waals surface area contributed by atoms with E-state index in [1.807, 2.05) is 0 Å². The summed E-state index contributed by atoms with van der Waals surface area (Å²) in [4.78, 5) is 0. The van der Waals surface area contributed by atoms with E-state index in [1.54, 1.807) is 6.07 Å². The van der Waals surface area contributed by atoms with Gasteiger partial charge in [-0.1, -0.05) is 19.8 Å². The van der Waals surface area contributed by atoms with Crippen molar-refractivity contribution in [2.45, 2.75) is 32.6 Å². The van der Waals surface area contributed by atoms with Gasteiger partial charge in [0.05, 0.1) is 0 Å². The van der Waals surface area contributed by atoms with Crippen LogP contribution in [0.1, 0.15) is 32.6 Å². The van der Waals surface area contributed by atoms with Crippen molar-refractivity contribution in [1.82, 2.24) is 0 Å². The first kappa shape index (κ1) is 12.2. The minimum Gasteiger partial charge on any atom is -0.399 e. The van der Waals surface area contributed by atoms with E-state index in [0.29, 0.717) is 11.6 Å². The number of rotatable bonds is 3. The van der Waals surface area contributed by atoms with Crippen molar-refractivity contribution in [2.24, 2.45) is 11.8 Å². The van der Waals surface area contributed by atoms with Crippen LogP contribution in [-0.4, -0.2) is 6.54 Å². The highest BCUT2D eigenvalue weighted by Crippen LogP contribution is 2.28. The molecule has 17 heavy (non-hydrogen) atoms. The molecule has 0 aliphatic heterocycles. The Morgan fingerprint density at radius 2 is 2.18 bits per heavy atom. The van der Waals surface area contributed by atoms with Crippen LogP contribution >= 0.6 is 0 Å². The fourth-order valence-electron chi connectivity index (χ4n) is 2.72. The first-order valence-corrected chi connectivity index (χ1v) is 6.43. The predicted octanol–water partition coefficient (Wildman–Crippen LogP) is 3.65. The van der Waals surface area contributed by atoms with E-state index < -0.39 is 0 Å². The number of nitrogens with one attached hydrogen (secondary N) is 1. The maximum absolute atomic E-state index is 13.1. The molecule has 3 N–H and O–H groups in total. The van der Waals surface area contributed by atoms with Gasteiger partial charge in [0, 0.05) is 17.9 Å². The maximum atomic E-state index is 13.1. The molecule has 0 aromatic heterocycles. The van der Waals surface area contributed by atoms with E-state index in [-0.39, 0.29) is 5.82 Å². The first-order chi connectivity index (χ1) is 8.13. The molecule has 1 aliphatic carbocycles. The van der Waals surface area contributed by atoms with Crippen LogP contribution in [0.4, 0.5) is 15.8 Å². The summed E-state index contributed by atoms with van der Waals surface area (Å²) in [7, 11) is 0. The Labute approximate surface area is 102 Å². The summed E-state index contributed by atoms with van der Waals surface area (Å²) in [6, 6.07) is 4.63. The lowest BCUT2D eigenvalue weighted by atomic mass is 9.82. The van der Waals surface area contributed by atoms with Crippen LogP contribution < -0.4 is 11.1 Å². The molecule has 0 amide bonds. The summed E-state index contributed by atoms with van der Waals surface area (Å²) in [5, 5.41) is 3.30. The van der Waals surface area contributed by atoms with Gasteiger partial charge in [0.15, 0.2) is 0 Å². The minimum atomic E-state index is -0.274. The highest BCUT2D eigenvalue weighted by atomic mass is 19.1. The Kier molecular flexibility index (Phi) is 3.87. The third-order valence-electron chi connectivity index (χ3n) is 3.56. The number of nitrogen functional groups attached to an aromatic ring is 1. The highest BCUT2D eigenvalue weighted by molar-refractivity contribution is 5.54. The molecular formula is C14H21FN2. The van der Waals surface area contributed by atoms with Gasteiger partial charge in [-0.2, -0.15) is 0 Å². The third-order valence-corrected chi connectivity index (χ3v) is 3.56. The molecule has 0 heterocycles. The predicted molar refractivity (Wildman–Crippen MR) is 70.4 cm³/mol. The maximum Gasteiger partial charge on any atom is 0.127 e. The zero-order valence-electron chi connectivity index (χ0n) is 10.4. The summed E-state index contributed by atoms with van der Waals surface area (Å²) < 4.78 is 13.1. The van der Waals surface area contributed by atoms with Crippen molar-refractivity contribution in [1.29, 1.82) is 0 Å². The van der Waals surface area contributed by atoms with Crippen LogP contribution in [0.25, 0.3) is 0 Å². The largest absolute Gasteiger partial charge is 0.399 e. The van der Waals surface area contributed by atoms with Crippen molar-refractivity contribution in [2.75, 3.05) is 17.6 Å². The van der Waals surface area contributed by atoms with Gasteiger partial charge in [-0.15, -0.1) is 0 Å². The Morgan fingerprint density at radius 3 is 2.88 bits per heavy atom. The van der Waals surface area contributed by atoms with E-state index in [1.165, 1.54) is 37.8 Å². The van der Waals surface area contributed by atoms with Crippen molar-refractivity contribution < 1.29 is 4.39 Å². The number of nitrogens with two attached hydrogens (primary N) is 1. The Bertz CT molecular complexity index is 358. The molecular weight excluding hydrogens is 215 g/mol. The summed E-state index contributed by atoms with van der Waals surface area (Å²) in [5.41, 5.74) is 6.88. The molecule has 1 aromatic carbocycles. The van der Waals surface area contributed by atoms with Crippen LogP contribution in [-0.2, 0) is 0 Å². The Balaban J connectivity index is 1.88. The SMILES string of the molecule is CC1CCCC(CNc2cc(N)cc(F)c2)C1. The number of hydrogen-bond donors (Lipinski definition) is 2. The number of anilines is 2.